The van der Waals surface area contributed by atoms with Crippen molar-refractivity contribution in [3.63, 3.8) is 0 Å². The topological polar surface area (TPSA) is 38.3 Å². The first-order valence-corrected chi connectivity index (χ1v) is 7.41. The van der Waals surface area contributed by atoms with Crippen molar-refractivity contribution in [1.82, 2.24) is 5.32 Å². The Labute approximate surface area is 126 Å². The molecule has 0 spiro atoms. The maximum atomic E-state index is 11.8. The Morgan fingerprint density at radius 2 is 2.22 bits per heavy atom. The largest absolute Gasteiger partial charge is 0.381 e. The number of carbonyl (C=O) groups excluding carboxylic acids is 1. The molecule has 0 atom stereocenters. The molecule has 3 nitrogen and oxygen atoms in total. The molecule has 0 unspecified atom stereocenters. The van der Waals surface area contributed by atoms with Crippen LogP contribution in [0.15, 0.2) is 18.2 Å². The summed E-state index contributed by atoms with van der Waals surface area (Å²) in [7, 11) is 0. The number of amides is 1. The first-order chi connectivity index (χ1) is 8.65. The third-order valence-electron chi connectivity index (χ3n) is 2.28. The van der Waals surface area contributed by atoms with Crippen molar-refractivity contribution in [1.29, 1.82) is 0 Å². The zero-order chi connectivity index (χ0) is 13.4. The molecule has 1 aromatic carbocycles. The lowest BCUT2D eigenvalue weighted by Gasteiger charge is -2.06. The molecule has 100 valence electrons. The Morgan fingerprint density at radius 3 is 2.89 bits per heavy atom. The minimum Gasteiger partial charge on any atom is -0.381 e. The molecular formula is C13H17ClINO2. The Bertz CT molecular complexity index is 399. The van der Waals surface area contributed by atoms with E-state index in [1.165, 1.54) is 0 Å². The van der Waals surface area contributed by atoms with Gasteiger partial charge in [0.15, 0.2) is 0 Å². The molecular weight excluding hydrogens is 365 g/mol. The molecule has 0 saturated carbocycles. The van der Waals surface area contributed by atoms with Gasteiger partial charge < -0.3 is 10.1 Å². The Kier molecular flexibility index (Phi) is 7.62. The number of rotatable bonds is 7. The molecule has 18 heavy (non-hydrogen) atoms. The Morgan fingerprint density at radius 1 is 1.44 bits per heavy atom. The predicted molar refractivity (Wildman–Crippen MR) is 82.2 cm³/mol. The van der Waals surface area contributed by atoms with Crippen molar-refractivity contribution in [3.8, 4) is 0 Å². The van der Waals surface area contributed by atoms with Gasteiger partial charge in [-0.2, -0.15) is 0 Å². The van der Waals surface area contributed by atoms with Crippen LogP contribution in [0.2, 0.25) is 5.02 Å². The lowest BCUT2D eigenvalue weighted by molar-refractivity contribution is 0.0941. The summed E-state index contributed by atoms with van der Waals surface area (Å²) < 4.78 is 6.28. The highest BCUT2D eigenvalue weighted by molar-refractivity contribution is 14.1. The molecule has 1 N–H and O–H groups in total. The minimum absolute atomic E-state index is 0.0937. The predicted octanol–water partition coefficient (Wildman–Crippen LogP) is 3.49. The van der Waals surface area contributed by atoms with Crippen molar-refractivity contribution >= 4 is 40.1 Å². The van der Waals surface area contributed by atoms with Crippen molar-refractivity contribution in [2.75, 3.05) is 19.8 Å². The van der Waals surface area contributed by atoms with Crippen molar-refractivity contribution in [2.24, 2.45) is 0 Å². The maximum Gasteiger partial charge on any atom is 0.251 e. The van der Waals surface area contributed by atoms with E-state index in [9.17, 15) is 4.79 Å². The number of hydrogen-bond acceptors (Lipinski definition) is 2. The van der Waals surface area contributed by atoms with Crippen LogP contribution in [-0.2, 0) is 4.74 Å². The second kappa shape index (κ2) is 8.72. The van der Waals surface area contributed by atoms with E-state index in [1.54, 1.807) is 12.1 Å². The van der Waals surface area contributed by atoms with Crippen LogP contribution in [0.3, 0.4) is 0 Å². The van der Waals surface area contributed by atoms with Gasteiger partial charge in [-0.05, 0) is 53.6 Å². The smallest absolute Gasteiger partial charge is 0.251 e. The third-order valence-corrected chi connectivity index (χ3v) is 3.85. The average molecular weight is 382 g/mol. The van der Waals surface area contributed by atoms with Crippen LogP contribution in [0.4, 0.5) is 0 Å². The van der Waals surface area contributed by atoms with E-state index in [-0.39, 0.29) is 5.91 Å². The Balaban J connectivity index is 2.30. The van der Waals surface area contributed by atoms with Crippen LogP contribution < -0.4 is 5.32 Å². The summed E-state index contributed by atoms with van der Waals surface area (Å²) in [5, 5.41) is 3.45. The molecule has 0 aliphatic carbocycles. The maximum absolute atomic E-state index is 11.8. The summed E-state index contributed by atoms with van der Waals surface area (Å²) in [5.41, 5.74) is 0.592. The molecule has 0 heterocycles. The van der Waals surface area contributed by atoms with Gasteiger partial charge in [-0.25, -0.2) is 0 Å². The van der Waals surface area contributed by atoms with Gasteiger partial charge in [-0.15, -0.1) is 0 Å². The zero-order valence-corrected chi connectivity index (χ0v) is 13.3. The van der Waals surface area contributed by atoms with Gasteiger partial charge >= 0.3 is 0 Å². The van der Waals surface area contributed by atoms with Crippen molar-refractivity contribution in [3.05, 3.63) is 32.4 Å². The standard InChI is InChI=1S/C13H17ClINO2/c1-2-7-18-8-3-6-16-13(17)10-4-5-12(15)11(14)9-10/h4-5,9H,2-3,6-8H2,1H3,(H,16,17). The highest BCUT2D eigenvalue weighted by atomic mass is 127. The molecule has 0 aliphatic rings. The van der Waals surface area contributed by atoms with Gasteiger partial charge in [-0.1, -0.05) is 18.5 Å². The van der Waals surface area contributed by atoms with Crippen molar-refractivity contribution in [2.45, 2.75) is 19.8 Å². The molecule has 5 heteroatoms. The van der Waals surface area contributed by atoms with Gasteiger partial charge in [-0.3, -0.25) is 4.79 Å². The number of ether oxygens (including phenoxy) is 1. The van der Waals surface area contributed by atoms with Crippen LogP contribution in [-0.4, -0.2) is 25.7 Å². The first kappa shape index (κ1) is 15.7. The van der Waals surface area contributed by atoms with Crippen LogP contribution in [0.1, 0.15) is 30.1 Å². The number of nitrogens with one attached hydrogen (secondary N) is 1. The van der Waals surface area contributed by atoms with Crippen LogP contribution in [0.5, 0.6) is 0 Å². The fraction of sp³-hybridized carbons (Fsp3) is 0.462. The first-order valence-electron chi connectivity index (χ1n) is 5.96. The van der Waals surface area contributed by atoms with E-state index in [0.29, 0.717) is 23.7 Å². The highest BCUT2D eigenvalue weighted by Crippen LogP contribution is 2.19. The second-order valence-corrected chi connectivity index (χ2v) is 5.42. The van der Waals surface area contributed by atoms with E-state index in [1.807, 2.05) is 6.07 Å². The van der Waals surface area contributed by atoms with Gasteiger partial charge in [0.25, 0.3) is 5.91 Å². The molecule has 1 rings (SSSR count). The third kappa shape index (κ3) is 5.54. The Hall–Kier alpha value is -0.330. The molecule has 0 fully saturated rings. The molecule has 0 aliphatic heterocycles. The number of carbonyl (C=O) groups is 1. The minimum atomic E-state index is -0.0937. The number of halogens is 2. The van der Waals surface area contributed by atoms with Crippen LogP contribution in [0.25, 0.3) is 0 Å². The summed E-state index contributed by atoms with van der Waals surface area (Å²) in [6.45, 7) is 4.15. The van der Waals surface area contributed by atoms with Crippen molar-refractivity contribution < 1.29 is 9.53 Å². The number of hydrogen-bond donors (Lipinski definition) is 1. The zero-order valence-electron chi connectivity index (χ0n) is 10.3. The van der Waals surface area contributed by atoms with E-state index < -0.39 is 0 Å². The molecule has 1 aromatic rings. The van der Waals surface area contributed by atoms with Gasteiger partial charge in [0.05, 0.1) is 5.02 Å². The summed E-state index contributed by atoms with van der Waals surface area (Å²) in [4.78, 5) is 11.8. The van der Waals surface area contributed by atoms with Gasteiger partial charge in [0, 0.05) is 28.9 Å². The second-order valence-electron chi connectivity index (χ2n) is 3.85. The molecule has 0 bridgehead atoms. The van der Waals surface area contributed by atoms with Crippen LogP contribution >= 0.6 is 34.2 Å². The normalized spacial score (nSPS) is 10.4. The average Bonchev–Trinajstić information content (AvgIpc) is 2.36. The lowest BCUT2D eigenvalue weighted by atomic mass is 10.2. The molecule has 0 aromatic heterocycles. The fourth-order valence-corrected chi connectivity index (χ4v) is 1.88. The summed E-state index contributed by atoms with van der Waals surface area (Å²) in [5.74, 6) is -0.0937. The summed E-state index contributed by atoms with van der Waals surface area (Å²) in [6.07, 6.45) is 1.84. The highest BCUT2D eigenvalue weighted by Gasteiger charge is 2.06. The molecule has 1 amide bonds. The number of benzene rings is 1. The quantitative estimate of drug-likeness (QED) is 0.580. The van der Waals surface area contributed by atoms with Crippen LogP contribution in [0, 0.1) is 3.57 Å². The lowest BCUT2D eigenvalue weighted by Crippen LogP contribution is -2.25. The van der Waals surface area contributed by atoms with E-state index >= 15 is 0 Å². The SMILES string of the molecule is CCCOCCCNC(=O)c1ccc(I)c(Cl)c1. The summed E-state index contributed by atoms with van der Waals surface area (Å²) >= 11 is 8.10. The van der Waals surface area contributed by atoms with E-state index in [0.717, 1.165) is 23.0 Å². The van der Waals surface area contributed by atoms with Gasteiger partial charge in [0.2, 0.25) is 0 Å². The summed E-state index contributed by atoms with van der Waals surface area (Å²) in [6, 6.07) is 5.30. The van der Waals surface area contributed by atoms with E-state index in [4.69, 9.17) is 16.3 Å². The van der Waals surface area contributed by atoms with Gasteiger partial charge in [0.1, 0.15) is 0 Å². The monoisotopic (exact) mass is 381 g/mol. The molecule has 0 saturated heterocycles. The van der Waals surface area contributed by atoms with E-state index in [2.05, 4.69) is 34.8 Å². The fourth-order valence-electron chi connectivity index (χ4n) is 1.36. The molecule has 0 radical (unpaired) electrons.